The topological polar surface area (TPSA) is 213 Å². The van der Waals surface area contributed by atoms with Gasteiger partial charge in [0.05, 0.1) is 53.2 Å². The van der Waals surface area contributed by atoms with E-state index in [9.17, 15) is 45.3 Å². The molecule has 306 valence electrons. The van der Waals surface area contributed by atoms with E-state index in [0.717, 1.165) is 16.3 Å². The molecule has 3 aromatic carbocycles. The van der Waals surface area contributed by atoms with Crippen molar-refractivity contribution in [1.29, 1.82) is 0 Å². The standard InChI is InChI=1S/C44H52O13/c1-22-36(49)38(57-39(51)34-27-9-5-3-7-23(27)15-24-8-4-6-10-28(24)34)37(50)40(55-22)56-26-17-32(47)43(21-45)35-30(11-13-42(43,52)18-26)44(53)14-12-29(25-16-33(48)54-20-25)41(44,2)19-31(35)46/h3-10,15-16,22,26,29-32,35-38,40,45-47,49-50,52-53H,11-14,17-21H2,1-2H3. The van der Waals surface area contributed by atoms with Crippen LogP contribution in [0.25, 0.3) is 21.5 Å². The third-order valence-electron chi connectivity index (χ3n) is 15.4. The second-order valence-corrected chi connectivity index (χ2v) is 17.9. The van der Waals surface area contributed by atoms with Crippen LogP contribution in [0.2, 0.25) is 0 Å². The molecule has 2 aliphatic heterocycles. The third-order valence-corrected chi connectivity index (χ3v) is 15.4. The van der Waals surface area contributed by atoms with E-state index in [4.69, 9.17) is 18.9 Å². The van der Waals surface area contributed by atoms with Crippen LogP contribution in [0, 0.1) is 28.6 Å². The van der Waals surface area contributed by atoms with E-state index < -0.39 is 101 Å². The molecule has 0 amide bonds. The van der Waals surface area contributed by atoms with Gasteiger partial charge in [-0.2, -0.15) is 0 Å². The molecule has 7 N–H and O–H groups in total. The second-order valence-electron chi connectivity index (χ2n) is 17.9. The van der Waals surface area contributed by atoms with E-state index in [2.05, 4.69) is 0 Å². The van der Waals surface area contributed by atoms with Crippen LogP contribution in [0.3, 0.4) is 0 Å². The monoisotopic (exact) mass is 788 g/mol. The van der Waals surface area contributed by atoms with Crippen molar-refractivity contribution in [1.82, 2.24) is 0 Å². The lowest BCUT2D eigenvalue weighted by molar-refractivity contribution is -0.342. The highest BCUT2D eigenvalue weighted by Crippen LogP contribution is 2.70. The van der Waals surface area contributed by atoms with E-state index in [-0.39, 0.29) is 43.8 Å². The number of cyclic esters (lactones) is 1. The Morgan fingerprint density at radius 3 is 2.26 bits per heavy atom. The highest BCUT2D eigenvalue weighted by Gasteiger charge is 2.75. The van der Waals surface area contributed by atoms with Gasteiger partial charge in [0.15, 0.2) is 12.4 Å². The minimum absolute atomic E-state index is 0.0775. The van der Waals surface area contributed by atoms with E-state index in [1.165, 1.54) is 6.08 Å². The number of aliphatic hydroxyl groups excluding tert-OH is 5. The fraction of sp³-hybridized carbons (Fsp3) is 0.591. The van der Waals surface area contributed by atoms with Gasteiger partial charge in [0.2, 0.25) is 0 Å². The highest BCUT2D eigenvalue weighted by atomic mass is 16.7. The first kappa shape index (κ1) is 39.0. The number of carbonyl (C=O) groups excluding carboxylic acids is 2. The van der Waals surface area contributed by atoms with Crippen molar-refractivity contribution in [3.63, 3.8) is 0 Å². The molecule has 57 heavy (non-hydrogen) atoms. The van der Waals surface area contributed by atoms with Crippen LogP contribution >= 0.6 is 0 Å². The molecule has 0 aromatic heterocycles. The van der Waals surface area contributed by atoms with Crippen molar-refractivity contribution in [3.05, 3.63) is 71.8 Å². The summed E-state index contributed by atoms with van der Waals surface area (Å²) >= 11 is 0. The average Bonchev–Trinajstić information content (AvgIpc) is 3.72. The molecule has 0 bridgehead atoms. The smallest absolute Gasteiger partial charge is 0.339 e. The lowest BCUT2D eigenvalue weighted by Gasteiger charge is -2.68. The van der Waals surface area contributed by atoms with Crippen LogP contribution in [-0.2, 0) is 23.7 Å². The summed E-state index contributed by atoms with van der Waals surface area (Å²) in [5, 5.41) is 86.3. The number of ether oxygens (including phenoxy) is 4. The van der Waals surface area contributed by atoms with Crippen LogP contribution in [0.1, 0.15) is 69.2 Å². The van der Waals surface area contributed by atoms with Gasteiger partial charge in [-0.15, -0.1) is 0 Å². The zero-order chi connectivity index (χ0) is 40.2. The van der Waals surface area contributed by atoms with E-state index >= 15 is 0 Å². The maximum absolute atomic E-state index is 14.0. The Bertz CT molecular complexity index is 2070. The van der Waals surface area contributed by atoms with E-state index in [1.807, 2.05) is 61.5 Å². The average molecular weight is 789 g/mol. The molecule has 6 aliphatic rings. The first-order chi connectivity index (χ1) is 27.2. The number of fused-ring (bicyclic) bond motifs is 7. The zero-order valence-corrected chi connectivity index (χ0v) is 32.1. The Hall–Kier alpha value is -3.50. The first-order valence-electron chi connectivity index (χ1n) is 20.2. The van der Waals surface area contributed by atoms with Crippen LogP contribution in [0.5, 0.6) is 0 Å². The van der Waals surface area contributed by atoms with Gasteiger partial charge in [0, 0.05) is 30.3 Å². The predicted molar refractivity (Wildman–Crippen MR) is 203 cm³/mol. The molecule has 9 rings (SSSR count). The first-order valence-corrected chi connectivity index (χ1v) is 20.2. The summed E-state index contributed by atoms with van der Waals surface area (Å²) < 4.78 is 23.4. The van der Waals surface area contributed by atoms with Gasteiger partial charge in [-0.05, 0) is 84.0 Å². The fourth-order valence-corrected chi connectivity index (χ4v) is 12.6. The largest absolute Gasteiger partial charge is 0.458 e. The molecule has 1 saturated heterocycles. The number of aliphatic hydroxyl groups is 7. The third kappa shape index (κ3) is 5.61. The van der Waals surface area contributed by atoms with Crippen molar-refractivity contribution in [2.24, 2.45) is 28.6 Å². The zero-order valence-electron chi connectivity index (χ0n) is 32.1. The summed E-state index contributed by atoms with van der Waals surface area (Å²) in [6.45, 7) is 2.98. The Kier molecular flexibility index (Phi) is 9.43. The molecule has 3 aromatic rings. The number of carbonyl (C=O) groups is 2. The molecule has 15 unspecified atom stereocenters. The van der Waals surface area contributed by atoms with Gasteiger partial charge >= 0.3 is 11.9 Å². The van der Waals surface area contributed by atoms with Crippen molar-refractivity contribution in [2.45, 2.75) is 119 Å². The summed E-state index contributed by atoms with van der Waals surface area (Å²) in [5.74, 6) is -2.82. The van der Waals surface area contributed by atoms with Gasteiger partial charge < -0.3 is 54.7 Å². The van der Waals surface area contributed by atoms with Crippen molar-refractivity contribution >= 4 is 33.5 Å². The number of benzene rings is 3. The molecule has 2 heterocycles. The lowest BCUT2D eigenvalue weighted by atomic mass is 9.40. The van der Waals surface area contributed by atoms with E-state index in [0.29, 0.717) is 30.0 Å². The molecular formula is C44H52O13. The van der Waals surface area contributed by atoms with Crippen LogP contribution in [-0.4, -0.2) is 121 Å². The molecular weight excluding hydrogens is 736 g/mol. The number of hydrogen-bond donors (Lipinski definition) is 7. The Labute approximate surface area is 329 Å². The molecule has 5 fully saturated rings. The molecule has 15 atom stereocenters. The molecule has 4 saturated carbocycles. The predicted octanol–water partition coefficient (Wildman–Crippen LogP) is 2.66. The van der Waals surface area contributed by atoms with Gasteiger partial charge in [-0.25, -0.2) is 9.59 Å². The number of rotatable bonds is 6. The number of hydrogen-bond acceptors (Lipinski definition) is 13. The summed E-state index contributed by atoms with van der Waals surface area (Å²) in [7, 11) is 0. The van der Waals surface area contributed by atoms with Crippen LogP contribution < -0.4 is 0 Å². The normalized spacial score (nSPS) is 44.2. The minimum atomic E-state index is -1.76. The Balaban J connectivity index is 0.956. The second kappa shape index (κ2) is 13.8. The molecule has 13 heteroatoms. The summed E-state index contributed by atoms with van der Waals surface area (Å²) in [5.41, 5.74) is -4.43. The summed E-state index contributed by atoms with van der Waals surface area (Å²) in [6, 6.07) is 16.7. The summed E-state index contributed by atoms with van der Waals surface area (Å²) in [4.78, 5) is 26.0. The Morgan fingerprint density at radius 1 is 0.930 bits per heavy atom. The summed E-state index contributed by atoms with van der Waals surface area (Å²) in [6.07, 6.45) is -7.61. The van der Waals surface area contributed by atoms with Crippen molar-refractivity contribution in [2.75, 3.05) is 13.2 Å². The van der Waals surface area contributed by atoms with Gasteiger partial charge in [0.25, 0.3) is 0 Å². The fourth-order valence-electron chi connectivity index (χ4n) is 12.6. The molecule has 0 radical (unpaired) electrons. The van der Waals surface area contributed by atoms with Crippen LogP contribution in [0.15, 0.2) is 66.2 Å². The van der Waals surface area contributed by atoms with Gasteiger partial charge in [-0.1, -0.05) is 55.5 Å². The van der Waals surface area contributed by atoms with Gasteiger partial charge in [-0.3, -0.25) is 0 Å². The van der Waals surface area contributed by atoms with E-state index in [1.54, 1.807) is 6.92 Å². The van der Waals surface area contributed by atoms with Crippen LogP contribution in [0.4, 0.5) is 0 Å². The van der Waals surface area contributed by atoms with Crippen molar-refractivity contribution in [3.8, 4) is 0 Å². The quantitative estimate of drug-likeness (QED) is 0.109. The molecule has 13 nitrogen and oxygen atoms in total. The Morgan fingerprint density at radius 2 is 1.61 bits per heavy atom. The molecule has 4 aliphatic carbocycles. The SMILES string of the molecule is CC1OC(OC2CC(O)C3(CO)C4C(O)CC5(C)C(C6=CC(=O)OC6)CCC5(O)C4CCC3(O)C2)C(O)C(OC(=O)c2c3ccccc3cc3ccccc23)C1O. The molecule has 0 spiro atoms. The lowest BCUT2D eigenvalue weighted by Crippen LogP contribution is -2.76. The minimum Gasteiger partial charge on any atom is -0.458 e. The maximum atomic E-state index is 14.0. The maximum Gasteiger partial charge on any atom is 0.339 e. The van der Waals surface area contributed by atoms with Gasteiger partial charge in [0.1, 0.15) is 18.8 Å². The van der Waals surface area contributed by atoms with Crippen molar-refractivity contribution < 1.29 is 64.3 Å². The highest BCUT2D eigenvalue weighted by molar-refractivity contribution is 6.16. The number of esters is 2.